The number of hydrogen-bond donors (Lipinski definition) is 2. The van der Waals surface area contributed by atoms with E-state index >= 15 is 0 Å². The van der Waals surface area contributed by atoms with Crippen LogP contribution in [0.4, 0.5) is 5.69 Å². The molecule has 1 fully saturated rings. The van der Waals surface area contributed by atoms with E-state index in [0.717, 1.165) is 12.8 Å². The van der Waals surface area contributed by atoms with E-state index in [-0.39, 0.29) is 11.8 Å². The monoisotopic (exact) mass is 328 g/mol. The molecule has 2 N–H and O–H groups in total. The van der Waals surface area contributed by atoms with Crippen molar-refractivity contribution in [2.75, 3.05) is 19.0 Å². The van der Waals surface area contributed by atoms with Crippen LogP contribution in [0.1, 0.15) is 33.7 Å². The molecule has 126 valence electrons. The molecule has 0 radical (unpaired) electrons. The lowest BCUT2D eigenvalue weighted by Gasteiger charge is -2.06. The van der Waals surface area contributed by atoms with Crippen LogP contribution in [0.25, 0.3) is 0 Å². The molecule has 0 saturated heterocycles. The average molecular weight is 328 g/mol. The first-order valence-electron chi connectivity index (χ1n) is 7.90. The lowest BCUT2D eigenvalue weighted by atomic mass is 10.2. The SMILES string of the molecule is COCCn1ccc(C(=O)Nc2ccc(C(=O)NC3CC3)cc2)n1. The number of carbonyl (C=O) groups excluding carboxylic acids is 2. The number of nitrogens with one attached hydrogen (secondary N) is 2. The molecule has 1 heterocycles. The Labute approximate surface area is 140 Å². The van der Waals surface area contributed by atoms with Crippen LogP contribution >= 0.6 is 0 Å². The fourth-order valence-corrected chi connectivity index (χ4v) is 2.19. The van der Waals surface area contributed by atoms with Crippen molar-refractivity contribution in [3.8, 4) is 0 Å². The number of hydrogen-bond acceptors (Lipinski definition) is 4. The highest BCUT2D eigenvalue weighted by Gasteiger charge is 2.23. The number of ether oxygens (including phenoxy) is 1. The fraction of sp³-hybridized carbons (Fsp3) is 0.353. The molecule has 0 bridgehead atoms. The summed E-state index contributed by atoms with van der Waals surface area (Å²) in [5.74, 6) is -0.367. The third kappa shape index (κ3) is 4.20. The van der Waals surface area contributed by atoms with Gasteiger partial charge in [0.05, 0.1) is 13.2 Å². The highest BCUT2D eigenvalue weighted by Crippen LogP contribution is 2.19. The van der Waals surface area contributed by atoms with Crippen molar-refractivity contribution in [2.45, 2.75) is 25.4 Å². The lowest BCUT2D eigenvalue weighted by molar-refractivity contribution is 0.0950. The zero-order valence-corrected chi connectivity index (χ0v) is 13.5. The van der Waals surface area contributed by atoms with E-state index in [4.69, 9.17) is 4.74 Å². The second kappa shape index (κ2) is 7.27. The van der Waals surface area contributed by atoms with Gasteiger partial charge in [-0.3, -0.25) is 14.3 Å². The Hall–Kier alpha value is -2.67. The van der Waals surface area contributed by atoms with Gasteiger partial charge in [-0.2, -0.15) is 5.10 Å². The maximum absolute atomic E-state index is 12.2. The molecule has 2 aromatic rings. The summed E-state index contributed by atoms with van der Waals surface area (Å²) in [7, 11) is 1.62. The van der Waals surface area contributed by atoms with Crippen molar-refractivity contribution in [1.82, 2.24) is 15.1 Å². The molecular weight excluding hydrogens is 308 g/mol. The molecule has 0 spiro atoms. The Morgan fingerprint density at radius 3 is 2.62 bits per heavy atom. The summed E-state index contributed by atoms with van der Waals surface area (Å²) in [5.41, 5.74) is 1.54. The topological polar surface area (TPSA) is 85.2 Å². The zero-order valence-electron chi connectivity index (χ0n) is 13.5. The molecule has 0 aliphatic heterocycles. The first-order chi connectivity index (χ1) is 11.7. The minimum Gasteiger partial charge on any atom is -0.383 e. The quantitative estimate of drug-likeness (QED) is 0.810. The highest BCUT2D eigenvalue weighted by molar-refractivity contribution is 6.03. The molecule has 3 rings (SSSR count). The molecule has 24 heavy (non-hydrogen) atoms. The van der Waals surface area contributed by atoms with Gasteiger partial charge in [0, 0.05) is 30.6 Å². The standard InChI is InChI=1S/C17H20N4O3/c1-24-11-10-21-9-8-15(20-21)17(23)19-13-4-2-12(3-5-13)16(22)18-14-6-7-14/h2-5,8-9,14H,6-7,10-11H2,1H3,(H,18,22)(H,19,23). The molecule has 1 saturated carbocycles. The van der Waals surface area contributed by atoms with Gasteiger partial charge in [0.25, 0.3) is 11.8 Å². The van der Waals surface area contributed by atoms with Crippen LogP contribution in [-0.2, 0) is 11.3 Å². The minimum absolute atomic E-state index is 0.0766. The maximum atomic E-state index is 12.2. The Balaban J connectivity index is 1.57. The van der Waals surface area contributed by atoms with E-state index in [0.29, 0.717) is 36.1 Å². The summed E-state index contributed by atoms with van der Waals surface area (Å²) in [5, 5.41) is 9.89. The third-order valence-corrected chi connectivity index (χ3v) is 3.72. The second-order valence-electron chi connectivity index (χ2n) is 5.74. The molecule has 0 unspecified atom stereocenters. The second-order valence-corrected chi connectivity index (χ2v) is 5.74. The van der Waals surface area contributed by atoms with Gasteiger partial charge in [-0.15, -0.1) is 0 Å². The third-order valence-electron chi connectivity index (χ3n) is 3.72. The van der Waals surface area contributed by atoms with E-state index in [1.54, 1.807) is 48.3 Å². The number of methoxy groups -OCH3 is 1. The van der Waals surface area contributed by atoms with Gasteiger partial charge in [0.1, 0.15) is 0 Å². The molecule has 1 aliphatic rings. The van der Waals surface area contributed by atoms with E-state index in [9.17, 15) is 9.59 Å². The van der Waals surface area contributed by atoms with E-state index in [1.807, 2.05) is 0 Å². The number of rotatable bonds is 7. The Morgan fingerprint density at radius 2 is 1.96 bits per heavy atom. The summed E-state index contributed by atoms with van der Waals surface area (Å²) in [6.45, 7) is 1.13. The van der Waals surface area contributed by atoms with Crippen LogP contribution in [0.2, 0.25) is 0 Å². The Morgan fingerprint density at radius 1 is 1.21 bits per heavy atom. The van der Waals surface area contributed by atoms with Gasteiger partial charge >= 0.3 is 0 Å². The van der Waals surface area contributed by atoms with Crippen molar-refractivity contribution in [3.05, 3.63) is 47.8 Å². The number of benzene rings is 1. The van der Waals surface area contributed by atoms with Crippen LogP contribution in [-0.4, -0.2) is 41.4 Å². The summed E-state index contributed by atoms with van der Waals surface area (Å²) >= 11 is 0. The molecular formula is C17H20N4O3. The van der Waals surface area contributed by atoms with Crippen molar-refractivity contribution in [1.29, 1.82) is 0 Å². The highest BCUT2D eigenvalue weighted by atomic mass is 16.5. The summed E-state index contributed by atoms with van der Waals surface area (Å²) in [6.07, 6.45) is 3.84. The van der Waals surface area contributed by atoms with Gasteiger partial charge in [0.15, 0.2) is 5.69 Å². The van der Waals surface area contributed by atoms with Crippen LogP contribution in [0.15, 0.2) is 36.5 Å². The average Bonchev–Trinajstić information content (AvgIpc) is 3.27. The van der Waals surface area contributed by atoms with Crippen molar-refractivity contribution in [3.63, 3.8) is 0 Å². The van der Waals surface area contributed by atoms with Crippen LogP contribution in [0.3, 0.4) is 0 Å². The van der Waals surface area contributed by atoms with Crippen LogP contribution in [0.5, 0.6) is 0 Å². The predicted octanol–water partition coefficient (Wildman–Crippen LogP) is 1.67. The normalized spacial score (nSPS) is 13.5. The smallest absolute Gasteiger partial charge is 0.276 e. The first kappa shape index (κ1) is 16.2. The van der Waals surface area contributed by atoms with E-state index < -0.39 is 0 Å². The fourth-order valence-electron chi connectivity index (χ4n) is 2.19. The van der Waals surface area contributed by atoms with Crippen molar-refractivity contribution in [2.24, 2.45) is 0 Å². The Bertz CT molecular complexity index is 720. The number of anilines is 1. The van der Waals surface area contributed by atoms with Gasteiger partial charge in [0.2, 0.25) is 0 Å². The molecule has 1 aliphatic carbocycles. The van der Waals surface area contributed by atoms with Crippen molar-refractivity contribution >= 4 is 17.5 Å². The van der Waals surface area contributed by atoms with Gasteiger partial charge in [-0.25, -0.2) is 0 Å². The Kier molecular flexibility index (Phi) is 4.90. The van der Waals surface area contributed by atoms with Crippen LogP contribution < -0.4 is 10.6 Å². The lowest BCUT2D eigenvalue weighted by Crippen LogP contribution is -2.25. The van der Waals surface area contributed by atoms with Gasteiger partial charge in [-0.1, -0.05) is 0 Å². The van der Waals surface area contributed by atoms with Gasteiger partial charge in [-0.05, 0) is 43.2 Å². The summed E-state index contributed by atoms with van der Waals surface area (Å²) < 4.78 is 6.63. The number of carbonyl (C=O) groups is 2. The van der Waals surface area contributed by atoms with Crippen LogP contribution in [0, 0.1) is 0 Å². The number of aromatic nitrogens is 2. The summed E-state index contributed by atoms with van der Waals surface area (Å²) in [4.78, 5) is 24.1. The molecule has 1 aromatic heterocycles. The molecule has 0 atom stereocenters. The first-order valence-corrected chi connectivity index (χ1v) is 7.90. The largest absolute Gasteiger partial charge is 0.383 e. The van der Waals surface area contributed by atoms with E-state index in [1.165, 1.54) is 0 Å². The molecule has 7 heteroatoms. The molecule has 1 aromatic carbocycles. The number of amides is 2. The predicted molar refractivity (Wildman–Crippen MR) is 89.0 cm³/mol. The molecule has 7 nitrogen and oxygen atoms in total. The molecule has 2 amide bonds. The summed E-state index contributed by atoms with van der Waals surface area (Å²) in [6, 6.07) is 8.80. The van der Waals surface area contributed by atoms with Crippen molar-refractivity contribution < 1.29 is 14.3 Å². The maximum Gasteiger partial charge on any atom is 0.276 e. The number of nitrogens with zero attached hydrogens (tertiary/aromatic N) is 2. The minimum atomic E-state index is -0.290. The zero-order chi connectivity index (χ0) is 16.9. The van der Waals surface area contributed by atoms with Gasteiger partial charge < -0.3 is 15.4 Å². The van der Waals surface area contributed by atoms with E-state index in [2.05, 4.69) is 15.7 Å².